The van der Waals surface area contributed by atoms with Crippen molar-refractivity contribution >= 4 is 18.0 Å². The van der Waals surface area contributed by atoms with Crippen molar-refractivity contribution in [2.75, 3.05) is 14.2 Å². The lowest BCUT2D eigenvalue weighted by Crippen LogP contribution is -2.34. The first-order chi connectivity index (χ1) is 12.1. The third kappa shape index (κ3) is 3.06. The van der Waals surface area contributed by atoms with Crippen LogP contribution in [0.15, 0.2) is 41.1 Å². The Kier molecular flexibility index (Phi) is 4.93. The zero-order valence-corrected chi connectivity index (χ0v) is 14.9. The molecule has 0 unspecified atom stereocenters. The van der Waals surface area contributed by atoms with E-state index in [9.17, 15) is 9.59 Å². The van der Waals surface area contributed by atoms with Crippen molar-refractivity contribution in [1.82, 2.24) is 4.90 Å². The molecule has 1 amide bonds. The van der Waals surface area contributed by atoms with Gasteiger partial charge in [-0.3, -0.25) is 4.79 Å². The fourth-order valence-electron chi connectivity index (χ4n) is 3.74. The number of carbonyl (C=O) groups excluding carboxylic acids is 2. The van der Waals surface area contributed by atoms with Gasteiger partial charge in [0.25, 0.3) is 5.91 Å². The molecule has 5 nitrogen and oxygen atoms in total. The van der Waals surface area contributed by atoms with Gasteiger partial charge in [-0.15, -0.1) is 0 Å². The van der Waals surface area contributed by atoms with E-state index < -0.39 is 5.97 Å². The lowest BCUT2D eigenvalue weighted by molar-refractivity contribution is -0.136. The molecule has 5 heteroatoms. The van der Waals surface area contributed by atoms with Crippen LogP contribution >= 0.6 is 0 Å². The maximum absolute atomic E-state index is 13.1. The lowest BCUT2D eigenvalue weighted by atomic mass is 10.0. The summed E-state index contributed by atoms with van der Waals surface area (Å²) in [6.45, 7) is 1.82. The molecule has 2 aliphatic rings. The number of methoxy groups -OCH3 is 2. The third-order valence-corrected chi connectivity index (χ3v) is 4.96. The molecule has 132 valence electrons. The topological polar surface area (TPSA) is 55.8 Å². The van der Waals surface area contributed by atoms with Gasteiger partial charge in [-0.25, -0.2) is 4.79 Å². The Morgan fingerprint density at radius 1 is 1.20 bits per heavy atom. The molecule has 1 aromatic rings. The molecule has 0 N–H and O–H groups in total. The molecule has 0 spiro atoms. The third-order valence-electron chi connectivity index (χ3n) is 4.96. The molecule has 0 aromatic heterocycles. The van der Waals surface area contributed by atoms with E-state index in [0.717, 1.165) is 31.2 Å². The van der Waals surface area contributed by atoms with Crippen LogP contribution in [0.25, 0.3) is 6.08 Å². The van der Waals surface area contributed by atoms with Crippen LogP contribution in [0.5, 0.6) is 5.75 Å². The van der Waals surface area contributed by atoms with Crippen molar-refractivity contribution in [3.8, 4) is 5.75 Å². The quantitative estimate of drug-likeness (QED) is 0.623. The van der Waals surface area contributed by atoms with Crippen LogP contribution in [0.1, 0.15) is 38.2 Å². The van der Waals surface area contributed by atoms with E-state index in [2.05, 4.69) is 0 Å². The van der Waals surface area contributed by atoms with Gasteiger partial charge >= 0.3 is 5.97 Å². The van der Waals surface area contributed by atoms with Crippen molar-refractivity contribution in [3.63, 3.8) is 0 Å². The SMILES string of the molecule is COC(=O)C1=C(C)N(C2CCCC2)C(=O)C1=Cc1ccccc1OC. The fourth-order valence-corrected chi connectivity index (χ4v) is 3.74. The number of para-hydroxylation sites is 1. The Morgan fingerprint density at radius 3 is 2.52 bits per heavy atom. The maximum Gasteiger partial charge on any atom is 0.340 e. The molecule has 0 bridgehead atoms. The summed E-state index contributed by atoms with van der Waals surface area (Å²) in [5.74, 6) is 0.0483. The van der Waals surface area contributed by atoms with Gasteiger partial charge in [-0.1, -0.05) is 31.0 Å². The highest BCUT2D eigenvalue weighted by atomic mass is 16.5. The van der Waals surface area contributed by atoms with Crippen molar-refractivity contribution in [3.05, 3.63) is 46.7 Å². The molecule has 1 heterocycles. The van der Waals surface area contributed by atoms with Crippen LogP contribution in [0.3, 0.4) is 0 Å². The monoisotopic (exact) mass is 341 g/mol. The summed E-state index contributed by atoms with van der Waals surface area (Å²) < 4.78 is 10.3. The summed E-state index contributed by atoms with van der Waals surface area (Å²) in [5.41, 5.74) is 2.17. The molecular formula is C20H23NO4. The highest BCUT2D eigenvalue weighted by molar-refractivity contribution is 6.16. The van der Waals surface area contributed by atoms with Crippen LogP contribution < -0.4 is 4.74 Å². The molecule has 1 aliphatic heterocycles. The molecular weight excluding hydrogens is 318 g/mol. The van der Waals surface area contributed by atoms with Crippen molar-refractivity contribution in [1.29, 1.82) is 0 Å². The van der Waals surface area contributed by atoms with Crippen molar-refractivity contribution in [2.45, 2.75) is 38.6 Å². The summed E-state index contributed by atoms with van der Waals surface area (Å²) in [4.78, 5) is 27.2. The van der Waals surface area contributed by atoms with Crippen LogP contribution in [0.2, 0.25) is 0 Å². The number of rotatable bonds is 4. The first kappa shape index (κ1) is 17.3. The molecule has 1 aromatic carbocycles. The molecule has 0 atom stereocenters. The molecule has 0 radical (unpaired) electrons. The van der Waals surface area contributed by atoms with Gasteiger partial charge in [0.05, 0.1) is 25.4 Å². The minimum Gasteiger partial charge on any atom is -0.496 e. The number of carbonyl (C=O) groups is 2. The number of nitrogens with zero attached hydrogens (tertiary/aromatic N) is 1. The zero-order valence-electron chi connectivity index (χ0n) is 14.9. The second kappa shape index (κ2) is 7.13. The van der Waals surface area contributed by atoms with Crippen molar-refractivity contribution in [2.24, 2.45) is 0 Å². The van der Waals surface area contributed by atoms with Crippen LogP contribution in [0.4, 0.5) is 0 Å². The number of ether oxygens (including phenoxy) is 2. The van der Waals surface area contributed by atoms with Gasteiger partial charge in [-0.2, -0.15) is 0 Å². The average molecular weight is 341 g/mol. The lowest BCUT2D eigenvalue weighted by Gasteiger charge is -2.25. The number of hydrogen-bond acceptors (Lipinski definition) is 4. The van der Waals surface area contributed by atoms with E-state index in [1.54, 1.807) is 18.1 Å². The number of allylic oxidation sites excluding steroid dienone is 1. The van der Waals surface area contributed by atoms with Gasteiger partial charge in [0.2, 0.25) is 0 Å². The minimum absolute atomic E-state index is 0.129. The molecule has 1 fully saturated rings. The second-order valence-corrected chi connectivity index (χ2v) is 6.37. The van der Waals surface area contributed by atoms with Gasteiger partial charge in [0.15, 0.2) is 0 Å². The van der Waals surface area contributed by atoms with E-state index in [1.165, 1.54) is 7.11 Å². The van der Waals surface area contributed by atoms with E-state index in [0.29, 0.717) is 22.6 Å². The van der Waals surface area contributed by atoms with E-state index in [4.69, 9.17) is 9.47 Å². The van der Waals surface area contributed by atoms with Crippen molar-refractivity contribution < 1.29 is 19.1 Å². The normalized spacial score (nSPS) is 19.9. The predicted octanol–water partition coefficient (Wildman–Crippen LogP) is 3.31. The number of hydrogen-bond donors (Lipinski definition) is 0. The van der Waals surface area contributed by atoms with E-state index >= 15 is 0 Å². The zero-order chi connectivity index (χ0) is 18.0. The van der Waals surface area contributed by atoms with Gasteiger partial charge in [-0.05, 0) is 31.9 Å². The predicted molar refractivity (Wildman–Crippen MR) is 94.8 cm³/mol. The summed E-state index contributed by atoms with van der Waals surface area (Å²) >= 11 is 0. The largest absolute Gasteiger partial charge is 0.496 e. The average Bonchev–Trinajstić information content (AvgIpc) is 3.22. The fraction of sp³-hybridized carbons (Fsp3) is 0.400. The summed E-state index contributed by atoms with van der Waals surface area (Å²) in [6, 6.07) is 7.59. The van der Waals surface area contributed by atoms with Crippen LogP contribution in [-0.4, -0.2) is 37.0 Å². The minimum atomic E-state index is -0.479. The standard InChI is InChI=1S/C20H23NO4/c1-13-18(20(23)25-3)16(12-14-8-4-7-11-17(14)24-2)19(22)21(13)15-9-5-6-10-15/h4,7-8,11-12,15H,5-6,9-10H2,1-3H3. The molecule has 25 heavy (non-hydrogen) atoms. The maximum atomic E-state index is 13.1. The summed E-state index contributed by atoms with van der Waals surface area (Å²) in [7, 11) is 2.92. The van der Waals surface area contributed by atoms with E-state index in [-0.39, 0.29) is 11.9 Å². The molecule has 3 rings (SSSR count). The van der Waals surface area contributed by atoms with Gasteiger partial charge < -0.3 is 14.4 Å². The van der Waals surface area contributed by atoms with Crippen LogP contribution in [0, 0.1) is 0 Å². The van der Waals surface area contributed by atoms with Gasteiger partial charge in [0.1, 0.15) is 5.75 Å². The number of benzene rings is 1. The Labute approximate surface area is 147 Å². The second-order valence-electron chi connectivity index (χ2n) is 6.37. The molecule has 1 aliphatic carbocycles. The van der Waals surface area contributed by atoms with Crippen LogP contribution in [-0.2, 0) is 14.3 Å². The Bertz CT molecular complexity index is 757. The Hall–Kier alpha value is -2.56. The number of amides is 1. The molecule has 1 saturated carbocycles. The first-order valence-corrected chi connectivity index (χ1v) is 8.56. The highest BCUT2D eigenvalue weighted by Crippen LogP contribution is 2.38. The smallest absolute Gasteiger partial charge is 0.340 e. The first-order valence-electron chi connectivity index (χ1n) is 8.56. The molecule has 0 saturated heterocycles. The highest BCUT2D eigenvalue weighted by Gasteiger charge is 2.41. The van der Waals surface area contributed by atoms with E-state index in [1.807, 2.05) is 31.2 Å². The van der Waals surface area contributed by atoms with Gasteiger partial charge in [0, 0.05) is 17.3 Å². The summed E-state index contributed by atoms with van der Waals surface area (Å²) in [5, 5.41) is 0. The Morgan fingerprint density at radius 2 is 1.88 bits per heavy atom. The number of esters is 1. The summed E-state index contributed by atoms with van der Waals surface area (Å²) in [6.07, 6.45) is 5.90. The Balaban J connectivity index is 2.09.